The summed E-state index contributed by atoms with van der Waals surface area (Å²) in [6, 6.07) is 5.47. The van der Waals surface area contributed by atoms with Gasteiger partial charge in [0, 0.05) is 5.56 Å². The Hall–Kier alpha value is -2.22. The maximum atomic E-state index is 11.6. The van der Waals surface area contributed by atoms with Crippen molar-refractivity contribution < 1.29 is 40.3 Å². The molecule has 0 aliphatic rings. The first-order chi connectivity index (χ1) is 10.4. The Morgan fingerprint density at radius 1 is 1.09 bits per heavy atom. The van der Waals surface area contributed by atoms with Crippen molar-refractivity contribution in [3.05, 3.63) is 35.9 Å². The number of hydrogen-bond acceptors (Lipinski definition) is 7. The van der Waals surface area contributed by atoms with E-state index >= 15 is 0 Å². The molecule has 0 saturated carbocycles. The second-order valence-electron chi connectivity index (χ2n) is 4.08. The van der Waals surface area contributed by atoms with Gasteiger partial charge in [0.15, 0.2) is 0 Å². The van der Waals surface area contributed by atoms with E-state index in [1.807, 2.05) is 0 Å². The van der Waals surface area contributed by atoms with Gasteiger partial charge >= 0.3 is 30.6 Å². The molecule has 0 radical (unpaired) electrons. The van der Waals surface area contributed by atoms with E-state index in [4.69, 9.17) is 5.73 Å². The summed E-state index contributed by atoms with van der Waals surface area (Å²) < 4.78 is 65.4. The van der Waals surface area contributed by atoms with Crippen molar-refractivity contribution in [2.75, 3.05) is 6.54 Å². The lowest BCUT2D eigenvalue weighted by molar-refractivity contribution is -0.117. The van der Waals surface area contributed by atoms with Gasteiger partial charge in [-0.25, -0.2) is 4.79 Å². The molecule has 13 heteroatoms. The lowest BCUT2D eigenvalue weighted by Crippen LogP contribution is -2.49. The Bertz CT molecular complexity index is 770. The number of primary amides is 1. The predicted molar refractivity (Wildman–Crippen MR) is 74.9 cm³/mol. The molecule has 0 unspecified atom stereocenters. The molecule has 1 aromatic carbocycles. The first kappa shape index (κ1) is 18.8. The lowest BCUT2D eigenvalue weighted by atomic mass is 10.2. The Balaban J connectivity index is 3.49. The molecule has 23 heavy (non-hydrogen) atoms. The molecule has 0 saturated heterocycles. The molecule has 0 atom stereocenters. The third-order valence-corrected chi connectivity index (χ3v) is 5.70. The molecule has 5 N–H and O–H groups in total. The van der Waals surface area contributed by atoms with E-state index in [0.29, 0.717) is 0 Å². The van der Waals surface area contributed by atoms with Crippen LogP contribution in [-0.2, 0) is 34.0 Å². The van der Waals surface area contributed by atoms with Gasteiger partial charge in [0.25, 0.3) is 0 Å². The Kier molecular flexibility index (Phi) is 5.31. The number of rotatable bonds is 6. The number of hydrogen-bond donors (Lipinski definition) is 4. The second kappa shape index (κ2) is 6.49. The molecular formula is C10H12N2O9S2. The molecule has 1 aromatic rings. The van der Waals surface area contributed by atoms with Crippen LogP contribution < -0.4 is 11.1 Å². The van der Waals surface area contributed by atoms with Crippen LogP contribution in [0, 0.1) is 0 Å². The molecule has 0 aliphatic heterocycles. The van der Waals surface area contributed by atoms with Crippen LogP contribution in [0.5, 0.6) is 0 Å². The molecule has 0 heterocycles. The van der Waals surface area contributed by atoms with Crippen molar-refractivity contribution >= 4 is 32.2 Å². The minimum atomic E-state index is -5.71. The van der Waals surface area contributed by atoms with Crippen LogP contribution >= 0.6 is 0 Å². The van der Waals surface area contributed by atoms with Gasteiger partial charge < -0.3 is 15.8 Å². The third kappa shape index (κ3) is 3.95. The molecule has 0 aliphatic carbocycles. The van der Waals surface area contributed by atoms with Crippen LogP contribution in [0.1, 0.15) is 5.56 Å². The Labute approximate surface area is 130 Å². The molecule has 11 nitrogen and oxygen atoms in total. The summed E-state index contributed by atoms with van der Waals surface area (Å²) in [6.45, 7) is -0.805. The largest absolute Gasteiger partial charge is 0.410 e. The van der Waals surface area contributed by atoms with E-state index in [2.05, 4.69) is 4.74 Å². The highest BCUT2D eigenvalue weighted by molar-refractivity contribution is 8.04. The summed E-state index contributed by atoms with van der Waals surface area (Å²) >= 11 is 0. The summed E-state index contributed by atoms with van der Waals surface area (Å²) in [5.74, 6) is -1.04. The van der Waals surface area contributed by atoms with Gasteiger partial charge in [-0.05, 0) is 0 Å². The van der Waals surface area contributed by atoms with Crippen LogP contribution in [0.15, 0.2) is 30.3 Å². The predicted octanol–water partition coefficient (Wildman–Crippen LogP) is -1.22. The van der Waals surface area contributed by atoms with Gasteiger partial charge in [0.1, 0.15) is 0 Å². The van der Waals surface area contributed by atoms with Crippen molar-refractivity contribution in [1.29, 1.82) is 0 Å². The fourth-order valence-corrected chi connectivity index (χ4v) is 3.85. The summed E-state index contributed by atoms with van der Waals surface area (Å²) in [4.78, 5) is 22.1. The highest BCUT2D eigenvalue weighted by Gasteiger charge is 2.60. The van der Waals surface area contributed by atoms with Crippen molar-refractivity contribution in [3.8, 4) is 0 Å². The Morgan fingerprint density at radius 3 is 1.96 bits per heavy atom. The number of carbonyl (C=O) groups excluding carboxylic acids is 2. The number of carbonyl (C=O) groups is 2. The molecule has 128 valence electrons. The van der Waals surface area contributed by atoms with Crippen LogP contribution in [-0.4, -0.2) is 44.5 Å². The molecule has 0 bridgehead atoms. The quantitative estimate of drug-likeness (QED) is 0.446. The van der Waals surface area contributed by atoms with Gasteiger partial charge in [-0.15, -0.1) is 0 Å². The summed E-state index contributed by atoms with van der Waals surface area (Å²) in [6.07, 6.45) is -1.73. The van der Waals surface area contributed by atoms with Crippen molar-refractivity contribution in [2.24, 2.45) is 5.73 Å². The van der Waals surface area contributed by atoms with Crippen molar-refractivity contribution in [2.45, 2.75) is 4.27 Å². The standard InChI is InChI=1S/C10H12N2O9S2/c11-8(13)6-12-9(14)21-10(22(15,16)17,23(18,19)20)7-4-2-1-3-5-7/h1-5H,6H2,(H2,11,13)(H,12,14)(H,15,16,17)(H,18,19,20). The van der Waals surface area contributed by atoms with Crippen molar-refractivity contribution in [3.63, 3.8) is 0 Å². The Morgan fingerprint density at radius 2 is 1.57 bits per heavy atom. The number of nitrogens with one attached hydrogen (secondary N) is 1. The SMILES string of the molecule is NC(=O)CNC(=O)OC(c1ccccc1)(S(=O)(=O)O)S(=O)(=O)O. The zero-order valence-electron chi connectivity index (χ0n) is 11.2. The number of alkyl carbamates (subject to hydrolysis) is 1. The fraction of sp³-hybridized carbons (Fsp3) is 0.200. The molecule has 2 amide bonds. The highest BCUT2D eigenvalue weighted by atomic mass is 32.3. The van der Waals surface area contributed by atoms with Gasteiger partial charge in [-0.3, -0.25) is 13.9 Å². The molecule has 0 aromatic heterocycles. The monoisotopic (exact) mass is 368 g/mol. The maximum absolute atomic E-state index is 11.6. The van der Waals surface area contributed by atoms with Crippen LogP contribution in [0.3, 0.4) is 0 Å². The van der Waals surface area contributed by atoms with E-state index < -0.39 is 48.6 Å². The normalized spacial score (nSPS) is 12.4. The summed E-state index contributed by atoms with van der Waals surface area (Å²) in [5.41, 5.74) is 3.98. The first-order valence-corrected chi connectivity index (χ1v) is 8.54. The van der Waals surface area contributed by atoms with Crippen LogP contribution in [0.25, 0.3) is 0 Å². The first-order valence-electron chi connectivity index (χ1n) is 5.66. The smallest absolute Gasteiger partial charge is 0.403 e. The van der Waals surface area contributed by atoms with Crippen LogP contribution in [0.2, 0.25) is 0 Å². The fourth-order valence-electron chi connectivity index (χ4n) is 1.55. The van der Waals surface area contributed by atoms with Gasteiger partial charge in [-0.2, -0.15) is 16.8 Å². The average molecular weight is 368 g/mol. The van der Waals surface area contributed by atoms with Gasteiger partial charge in [0.2, 0.25) is 5.91 Å². The van der Waals surface area contributed by atoms with Crippen molar-refractivity contribution in [1.82, 2.24) is 5.32 Å². The molecule has 0 fully saturated rings. The number of nitrogens with two attached hydrogens (primary N) is 1. The third-order valence-electron chi connectivity index (χ3n) is 2.44. The molecular weight excluding hydrogens is 356 g/mol. The van der Waals surface area contributed by atoms with Gasteiger partial charge in [0.05, 0.1) is 6.54 Å². The topological polar surface area (TPSA) is 190 Å². The minimum absolute atomic E-state index is 0.765. The zero-order chi connectivity index (χ0) is 17.9. The highest BCUT2D eigenvalue weighted by Crippen LogP contribution is 2.36. The summed E-state index contributed by atoms with van der Waals surface area (Å²) in [7, 11) is -11.4. The summed E-state index contributed by atoms with van der Waals surface area (Å²) in [5, 5.41) is 1.66. The molecule has 0 spiro atoms. The van der Waals surface area contributed by atoms with E-state index in [1.54, 1.807) is 5.32 Å². The average Bonchev–Trinajstić information content (AvgIpc) is 2.40. The number of benzene rings is 1. The van der Waals surface area contributed by atoms with E-state index in [1.165, 1.54) is 18.2 Å². The van der Waals surface area contributed by atoms with Gasteiger partial charge in [-0.1, -0.05) is 30.3 Å². The molecule has 1 rings (SSSR count). The second-order valence-corrected chi connectivity index (χ2v) is 7.39. The zero-order valence-corrected chi connectivity index (χ0v) is 12.9. The lowest BCUT2D eigenvalue weighted by Gasteiger charge is -2.27. The maximum Gasteiger partial charge on any atom is 0.410 e. The van der Waals surface area contributed by atoms with E-state index in [9.17, 15) is 35.5 Å². The van der Waals surface area contributed by atoms with E-state index in [0.717, 1.165) is 12.1 Å². The van der Waals surface area contributed by atoms with E-state index in [-0.39, 0.29) is 0 Å². The number of amides is 2. The van der Waals surface area contributed by atoms with Crippen LogP contribution in [0.4, 0.5) is 4.79 Å². The minimum Gasteiger partial charge on any atom is -0.403 e. The number of ether oxygens (including phenoxy) is 1.